The summed E-state index contributed by atoms with van der Waals surface area (Å²) >= 11 is 0. The average molecular weight is 260 g/mol. The van der Waals surface area contributed by atoms with Gasteiger partial charge in [0.05, 0.1) is 6.20 Å². The molecule has 1 aromatic rings. The quantitative estimate of drug-likeness (QED) is 0.883. The van der Waals surface area contributed by atoms with Gasteiger partial charge in [-0.25, -0.2) is 0 Å². The fraction of sp³-hybridized carbons (Fsp3) is 0.583. The molecule has 0 spiro atoms. The predicted octanol–water partition coefficient (Wildman–Crippen LogP) is 2.66. The first-order chi connectivity index (χ1) is 8.47. The van der Waals surface area contributed by atoms with Crippen molar-refractivity contribution < 1.29 is 17.9 Å². The molecule has 2 rings (SSSR count). The Balaban J connectivity index is 2.01. The molecule has 1 fully saturated rings. The minimum Gasteiger partial charge on any atom is -0.479 e. The van der Waals surface area contributed by atoms with Crippen LogP contribution in [-0.4, -0.2) is 23.3 Å². The van der Waals surface area contributed by atoms with E-state index in [1.165, 1.54) is 6.20 Å². The second-order valence-corrected chi connectivity index (χ2v) is 4.44. The SMILES string of the molecule is CC(Oc1cnccc1CNC1CC1)C(F)(F)F. The molecular weight excluding hydrogens is 245 g/mol. The summed E-state index contributed by atoms with van der Waals surface area (Å²) in [7, 11) is 0. The van der Waals surface area contributed by atoms with E-state index in [1.54, 1.807) is 12.3 Å². The molecule has 1 atom stereocenters. The van der Waals surface area contributed by atoms with Crippen LogP contribution < -0.4 is 10.1 Å². The summed E-state index contributed by atoms with van der Waals surface area (Å²) in [6, 6.07) is 2.17. The van der Waals surface area contributed by atoms with E-state index < -0.39 is 12.3 Å². The zero-order valence-corrected chi connectivity index (χ0v) is 10.00. The van der Waals surface area contributed by atoms with E-state index in [1.807, 2.05) is 0 Å². The predicted molar refractivity (Wildman–Crippen MR) is 60.2 cm³/mol. The molecule has 1 saturated carbocycles. The highest BCUT2D eigenvalue weighted by molar-refractivity contribution is 5.30. The minimum atomic E-state index is -4.36. The fourth-order valence-corrected chi connectivity index (χ4v) is 1.46. The van der Waals surface area contributed by atoms with Crippen molar-refractivity contribution in [2.24, 2.45) is 0 Å². The zero-order chi connectivity index (χ0) is 13.2. The largest absolute Gasteiger partial charge is 0.479 e. The van der Waals surface area contributed by atoms with E-state index in [4.69, 9.17) is 4.74 Å². The van der Waals surface area contributed by atoms with Crippen LogP contribution in [-0.2, 0) is 6.54 Å². The molecule has 1 aromatic heterocycles. The smallest absolute Gasteiger partial charge is 0.425 e. The van der Waals surface area contributed by atoms with Gasteiger partial charge in [-0.2, -0.15) is 13.2 Å². The van der Waals surface area contributed by atoms with Gasteiger partial charge < -0.3 is 10.1 Å². The lowest BCUT2D eigenvalue weighted by atomic mass is 10.2. The van der Waals surface area contributed by atoms with E-state index in [2.05, 4.69) is 10.3 Å². The average Bonchev–Trinajstić information content (AvgIpc) is 3.10. The van der Waals surface area contributed by atoms with Crippen LogP contribution in [0.2, 0.25) is 0 Å². The Hall–Kier alpha value is -1.30. The first-order valence-electron chi connectivity index (χ1n) is 5.86. The number of pyridine rings is 1. The maximum Gasteiger partial charge on any atom is 0.425 e. The Labute approximate surface area is 103 Å². The molecule has 100 valence electrons. The summed E-state index contributed by atoms with van der Waals surface area (Å²) in [6.45, 7) is 1.50. The molecule has 6 heteroatoms. The number of alkyl halides is 3. The number of nitrogens with one attached hydrogen (secondary N) is 1. The van der Waals surface area contributed by atoms with Crippen LogP contribution in [0.5, 0.6) is 5.75 Å². The van der Waals surface area contributed by atoms with Gasteiger partial charge in [0.25, 0.3) is 0 Å². The molecule has 0 saturated heterocycles. The second-order valence-electron chi connectivity index (χ2n) is 4.44. The Bertz CT molecular complexity index is 405. The number of hydrogen-bond acceptors (Lipinski definition) is 3. The maximum atomic E-state index is 12.4. The van der Waals surface area contributed by atoms with Gasteiger partial charge >= 0.3 is 6.18 Å². The molecule has 1 aliphatic carbocycles. The van der Waals surface area contributed by atoms with Gasteiger partial charge in [0.15, 0.2) is 6.10 Å². The molecule has 3 nitrogen and oxygen atoms in total. The van der Waals surface area contributed by atoms with E-state index in [9.17, 15) is 13.2 Å². The van der Waals surface area contributed by atoms with Crippen LogP contribution in [0.3, 0.4) is 0 Å². The highest BCUT2D eigenvalue weighted by atomic mass is 19.4. The number of aromatic nitrogens is 1. The standard InChI is InChI=1S/C12H15F3N2O/c1-8(12(13,14)15)18-11-7-16-5-4-9(11)6-17-10-2-3-10/h4-5,7-8,10,17H,2-3,6H2,1H3. The van der Waals surface area contributed by atoms with Crippen molar-refractivity contribution in [1.29, 1.82) is 0 Å². The van der Waals surface area contributed by atoms with Gasteiger partial charge in [0.2, 0.25) is 0 Å². The van der Waals surface area contributed by atoms with Gasteiger partial charge in [-0.05, 0) is 25.8 Å². The van der Waals surface area contributed by atoms with Crippen LogP contribution in [0.4, 0.5) is 13.2 Å². The van der Waals surface area contributed by atoms with E-state index in [-0.39, 0.29) is 5.75 Å². The summed E-state index contributed by atoms with van der Waals surface area (Å²) in [4.78, 5) is 3.80. The maximum absolute atomic E-state index is 12.4. The van der Waals surface area contributed by atoms with Crippen LogP contribution in [0.25, 0.3) is 0 Å². The summed E-state index contributed by atoms with van der Waals surface area (Å²) in [5, 5.41) is 3.24. The molecule has 0 aliphatic heterocycles. The van der Waals surface area contributed by atoms with Gasteiger partial charge in [0, 0.05) is 24.3 Å². The van der Waals surface area contributed by atoms with Gasteiger partial charge in [-0.15, -0.1) is 0 Å². The third kappa shape index (κ3) is 3.60. The summed E-state index contributed by atoms with van der Waals surface area (Å²) in [5.41, 5.74) is 0.702. The molecular formula is C12H15F3N2O. The third-order valence-corrected chi connectivity index (χ3v) is 2.79. The van der Waals surface area contributed by atoms with E-state index >= 15 is 0 Å². The molecule has 0 aromatic carbocycles. The molecule has 0 amide bonds. The van der Waals surface area contributed by atoms with Gasteiger partial charge in [0.1, 0.15) is 5.75 Å². The van der Waals surface area contributed by atoms with Gasteiger partial charge in [-0.3, -0.25) is 4.98 Å². The van der Waals surface area contributed by atoms with Crippen molar-refractivity contribution in [2.45, 2.75) is 44.6 Å². The second kappa shape index (κ2) is 5.14. The monoisotopic (exact) mass is 260 g/mol. The highest BCUT2D eigenvalue weighted by Gasteiger charge is 2.38. The number of rotatable bonds is 5. The highest BCUT2D eigenvalue weighted by Crippen LogP contribution is 2.27. The molecule has 1 aliphatic rings. The van der Waals surface area contributed by atoms with Crippen molar-refractivity contribution in [3.63, 3.8) is 0 Å². The molecule has 1 unspecified atom stereocenters. The van der Waals surface area contributed by atoms with Crippen LogP contribution in [0.1, 0.15) is 25.3 Å². The number of ether oxygens (including phenoxy) is 1. The Morgan fingerprint density at radius 3 is 2.83 bits per heavy atom. The van der Waals surface area contributed by atoms with Crippen molar-refractivity contribution >= 4 is 0 Å². The van der Waals surface area contributed by atoms with Crippen molar-refractivity contribution in [3.8, 4) is 5.75 Å². The third-order valence-electron chi connectivity index (χ3n) is 2.79. The lowest BCUT2D eigenvalue weighted by Gasteiger charge is -2.19. The fourth-order valence-electron chi connectivity index (χ4n) is 1.46. The van der Waals surface area contributed by atoms with E-state index in [0.717, 1.165) is 19.8 Å². The Morgan fingerprint density at radius 1 is 1.50 bits per heavy atom. The Kier molecular flexibility index (Phi) is 3.75. The molecule has 1 N–H and O–H groups in total. The number of halogens is 3. The molecule has 0 radical (unpaired) electrons. The lowest BCUT2D eigenvalue weighted by Crippen LogP contribution is -2.31. The first kappa shape index (κ1) is 13.1. The van der Waals surface area contributed by atoms with Crippen LogP contribution in [0, 0.1) is 0 Å². The summed E-state index contributed by atoms with van der Waals surface area (Å²) in [6.07, 6.45) is -1.07. The first-order valence-corrected chi connectivity index (χ1v) is 5.86. The van der Waals surface area contributed by atoms with Gasteiger partial charge in [-0.1, -0.05) is 0 Å². The topological polar surface area (TPSA) is 34.1 Å². The normalized spacial score (nSPS) is 17.6. The van der Waals surface area contributed by atoms with Crippen LogP contribution in [0.15, 0.2) is 18.5 Å². The number of nitrogens with zero attached hydrogens (tertiary/aromatic N) is 1. The Morgan fingerprint density at radius 2 is 2.22 bits per heavy atom. The molecule has 18 heavy (non-hydrogen) atoms. The lowest BCUT2D eigenvalue weighted by molar-refractivity contribution is -0.189. The summed E-state index contributed by atoms with van der Waals surface area (Å²) < 4.78 is 42.2. The van der Waals surface area contributed by atoms with Crippen molar-refractivity contribution in [3.05, 3.63) is 24.0 Å². The van der Waals surface area contributed by atoms with E-state index in [0.29, 0.717) is 18.2 Å². The summed E-state index contributed by atoms with van der Waals surface area (Å²) in [5.74, 6) is 0.190. The number of hydrogen-bond donors (Lipinski definition) is 1. The molecule has 0 bridgehead atoms. The minimum absolute atomic E-state index is 0.190. The zero-order valence-electron chi connectivity index (χ0n) is 10.00. The molecule has 1 heterocycles. The van der Waals surface area contributed by atoms with Crippen molar-refractivity contribution in [1.82, 2.24) is 10.3 Å². The van der Waals surface area contributed by atoms with Crippen LogP contribution >= 0.6 is 0 Å². The van der Waals surface area contributed by atoms with Crippen molar-refractivity contribution in [2.75, 3.05) is 0 Å².